The highest BCUT2D eigenvalue weighted by Gasteiger charge is 2.17. The fourth-order valence-electron chi connectivity index (χ4n) is 6.12. The largest absolute Gasteiger partial charge is 0.422 e. The molecule has 6 rings (SSSR count). The molecule has 3 heterocycles. The molecule has 0 saturated carbocycles. The standard InChI is InChI=1S/C37H40FN5O2/c1-5-41-18-20-43(21-19-41)31-16-11-29(12-17-31)39-34-25-35-26(23-33(34)38)8-13-30(40(35)4)14-10-28-22-27-9-15-32(42(6-2)7-3)24-36(27)45-37(28)44/h8-17,22-25H,5-7,18-21H2,1-4H3/p+1/b14-10+. The molecular formula is C37H41FN5O2+. The molecule has 0 radical (unpaired) electrons. The number of fused-ring (bicyclic) bond motifs is 2. The maximum absolute atomic E-state index is 15.2. The van der Waals surface area contributed by atoms with E-state index >= 15 is 4.39 Å². The van der Waals surface area contributed by atoms with Crippen molar-refractivity contribution in [3.63, 3.8) is 0 Å². The number of halogens is 1. The average Bonchev–Trinajstić information content (AvgIpc) is 3.06. The third-order valence-electron chi connectivity index (χ3n) is 8.94. The van der Waals surface area contributed by atoms with Crippen molar-refractivity contribution in [2.75, 3.05) is 60.9 Å². The molecular weight excluding hydrogens is 565 g/mol. The van der Waals surface area contributed by atoms with Gasteiger partial charge in [-0.15, -0.1) is 0 Å². The van der Waals surface area contributed by atoms with E-state index in [1.165, 1.54) is 5.69 Å². The molecule has 0 spiro atoms. The minimum atomic E-state index is -0.387. The van der Waals surface area contributed by atoms with Gasteiger partial charge in [-0.25, -0.2) is 9.18 Å². The monoisotopic (exact) mass is 606 g/mol. The maximum atomic E-state index is 15.2. The molecule has 0 bridgehead atoms. The number of nitrogens with zero attached hydrogens (tertiary/aromatic N) is 4. The zero-order valence-electron chi connectivity index (χ0n) is 26.5. The summed E-state index contributed by atoms with van der Waals surface area (Å²) in [6, 6.07) is 23.2. The number of pyridine rings is 1. The smallest absolute Gasteiger partial charge is 0.343 e. The number of benzene rings is 3. The number of likely N-dealkylation sites (N-methyl/N-ethyl adjacent to an activating group) is 1. The first-order valence-electron chi connectivity index (χ1n) is 15.8. The van der Waals surface area contributed by atoms with E-state index in [0.29, 0.717) is 16.8 Å². The summed E-state index contributed by atoms with van der Waals surface area (Å²) in [5.41, 5.74) is 5.83. The Kier molecular flexibility index (Phi) is 8.85. The van der Waals surface area contributed by atoms with Gasteiger partial charge in [0.05, 0.1) is 11.3 Å². The van der Waals surface area contributed by atoms with Gasteiger partial charge in [0.1, 0.15) is 18.4 Å². The minimum Gasteiger partial charge on any atom is -0.422 e. The summed E-state index contributed by atoms with van der Waals surface area (Å²) in [4.78, 5) is 19.9. The Morgan fingerprint density at radius 2 is 1.62 bits per heavy atom. The van der Waals surface area contributed by atoms with Crippen molar-refractivity contribution >= 4 is 56.8 Å². The molecule has 1 aliphatic heterocycles. The predicted octanol–water partition coefficient (Wildman–Crippen LogP) is 6.81. The summed E-state index contributed by atoms with van der Waals surface area (Å²) in [6.45, 7) is 13.4. The van der Waals surface area contributed by atoms with Crippen molar-refractivity contribution in [3.05, 3.63) is 100 Å². The summed E-state index contributed by atoms with van der Waals surface area (Å²) in [7, 11) is 1.94. The highest BCUT2D eigenvalue weighted by molar-refractivity contribution is 5.85. The van der Waals surface area contributed by atoms with Crippen molar-refractivity contribution in [2.24, 2.45) is 7.05 Å². The maximum Gasteiger partial charge on any atom is 0.343 e. The fraction of sp³-hybridized carbons (Fsp3) is 0.297. The van der Waals surface area contributed by atoms with Crippen LogP contribution in [0.3, 0.4) is 0 Å². The lowest BCUT2D eigenvalue weighted by Crippen LogP contribution is -2.46. The van der Waals surface area contributed by atoms with E-state index in [1.54, 1.807) is 12.1 Å². The molecule has 1 saturated heterocycles. The van der Waals surface area contributed by atoms with Crippen LogP contribution in [0.1, 0.15) is 32.0 Å². The van der Waals surface area contributed by atoms with Crippen LogP contribution in [-0.2, 0) is 7.05 Å². The molecule has 7 nitrogen and oxygen atoms in total. The van der Waals surface area contributed by atoms with Crippen molar-refractivity contribution < 1.29 is 13.4 Å². The van der Waals surface area contributed by atoms with E-state index in [0.717, 1.165) is 79.2 Å². The van der Waals surface area contributed by atoms with Crippen molar-refractivity contribution in [2.45, 2.75) is 20.8 Å². The van der Waals surface area contributed by atoms with Crippen LogP contribution in [0.5, 0.6) is 0 Å². The average molecular weight is 607 g/mol. The zero-order chi connectivity index (χ0) is 31.5. The van der Waals surface area contributed by atoms with Crippen LogP contribution in [0.15, 0.2) is 82.0 Å². The molecule has 3 aromatic carbocycles. The number of anilines is 4. The van der Waals surface area contributed by atoms with E-state index in [2.05, 4.69) is 59.0 Å². The van der Waals surface area contributed by atoms with Gasteiger partial charge in [-0.2, -0.15) is 4.57 Å². The van der Waals surface area contributed by atoms with Crippen LogP contribution < -0.4 is 25.3 Å². The minimum absolute atomic E-state index is 0.316. The van der Waals surface area contributed by atoms with Gasteiger partial charge in [0.2, 0.25) is 11.2 Å². The molecule has 0 amide bonds. The second-order valence-electron chi connectivity index (χ2n) is 11.5. The highest BCUT2D eigenvalue weighted by Crippen LogP contribution is 2.27. The Labute approximate surface area is 263 Å². The van der Waals surface area contributed by atoms with Crippen LogP contribution in [0.25, 0.3) is 34.0 Å². The number of aryl methyl sites for hydroxylation is 1. The van der Waals surface area contributed by atoms with Gasteiger partial charge >= 0.3 is 5.63 Å². The van der Waals surface area contributed by atoms with E-state index in [1.807, 2.05) is 66.2 Å². The Morgan fingerprint density at radius 1 is 0.889 bits per heavy atom. The Hall–Kier alpha value is -4.69. The Bertz CT molecular complexity index is 1910. The summed E-state index contributed by atoms with van der Waals surface area (Å²) < 4.78 is 22.9. The SMILES string of the molecule is CCN1CCN(c2ccc(Nc3cc4c(ccc(/C=C/c5cc6ccc(N(CC)CC)cc6oc5=O)[n+]4C)cc3F)cc2)CC1. The summed E-state index contributed by atoms with van der Waals surface area (Å²) in [5.74, 6) is -0.316. The quantitative estimate of drug-likeness (QED) is 0.147. The molecule has 0 unspecified atom stereocenters. The summed E-state index contributed by atoms with van der Waals surface area (Å²) in [5, 5.41) is 4.92. The fourth-order valence-corrected chi connectivity index (χ4v) is 6.12. The van der Waals surface area contributed by atoms with E-state index in [-0.39, 0.29) is 11.4 Å². The molecule has 2 aromatic heterocycles. The van der Waals surface area contributed by atoms with Crippen LogP contribution >= 0.6 is 0 Å². The van der Waals surface area contributed by atoms with Crippen LogP contribution in [0, 0.1) is 5.82 Å². The van der Waals surface area contributed by atoms with Gasteiger partial charge in [0.25, 0.3) is 0 Å². The number of nitrogens with one attached hydrogen (secondary N) is 1. The first-order chi connectivity index (χ1) is 21.9. The topological polar surface area (TPSA) is 55.8 Å². The summed E-state index contributed by atoms with van der Waals surface area (Å²) in [6.07, 6.45) is 3.66. The third kappa shape index (κ3) is 6.42. The normalized spacial score (nSPS) is 14.1. The lowest BCUT2D eigenvalue weighted by Gasteiger charge is -2.35. The van der Waals surface area contributed by atoms with Gasteiger partial charge in [-0.05, 0) is 81.1 Å². The Morgan fingerprint density at radius 3 is 2.33 bits per heavy atom. The Balaban J connectivity index is 1.22. The second kappa shape index (κ2) is 13.1. The van der Waals surface area contributed by atoms with E-state index in [4.69, 9.17) is 4.42 Å². The zero-order valence-corrected chi connectivity index (χ0v) is 26.5. The van der Waals surface area contributed by atoms with Crippen LogP contribution in [-0.4, -0.2) is 50.7 Å². The van der Waals surface area contributed by atoms with E-state index < -0.39 is 0 Å². The van der Waals surface area contributed by atoms with Crippen molar-refractivity contribution in [1.29, 1.82) is 0 Å². The third-order valence-corrected chi connectivity index (χ3v) is 8.94. The highest BCUT2D eigenvalue weighted by atomic mass is 19.1. The van der Waals surface area contributed by atoms with Gasteiger partial charge in [0, 0.05) is 91.4 Å². The van der Waals surface area contributed by atoms with Crippen molar-refractivity contribution in [1.82, 2.24) is 4.90 Å². The molecule has 1 fully saturated rings. The molecule has 8 heteroatoms. The van der Waals surface area contributed by atoms with Gasteiger partial charge in [-0.3, -0.25) is 0 Å². The molecule has 0 aliphatic carbocycles. The predicted molar refractivity (Wildman–Crippen MR) is 184 cm³/mol. The van der Waals surface area contributed by atoms with Crippen LogP contribution in [0.4, 0.5) is 27.1 Å². The molecule has 232 valence electrons. The lowest BCUT2D eigenvalue weighted by atomic mass is 10.1. The van der Waals surface area contributed by atoms with Crippen LogP contribution in [0.2, 0.25) is 0 Å². The number of hydrogen-bond acceptors (Lipinski definition) is 6. The second-order valence-corrected chi connectivity index (χ2v) is 11.5. The first-order valence-corrected chi connectivity index (χ1v) is 15.8. The molecule has 1 aliphatic rings. The molecule has 1 N–H and O–H groups in total. The number of hydrogen-bond donors (Lipinski definition) is 1. The first kappa shape index (κ1) is 30.3. The lowest BCUT2D eigenvalue weighted by molar-refractivity contribution is -0.646. The van der Waals surface area contributed by atoms with E-state index in [9.17, 15) is 4.79 Å². The van der Waals surface area contributed by atoms with Gasteiger partial charge in [0.15, 0.2) is 0 Å². The molecule has 5 aromatic rings. The van der Waals surface area contributed by atoms with Crippen molar-refractivity contribution in [3.8, 4) is 0 Å². The molecule has 0 atom stereocenters. The number of aromatic nitrogens is 1. The summed E-state index contributed by atoms with van der Waals surface area (Å²) >= 11 is 0. The number of piperazine rings is 1. The number of rotatable bonds is 9. The van der Waals surface area contributed by atoms with Gasteiger partial charge < -0.3 is 24.4 Å². The van der Waals surface area contributed by atoms with Gasteiger partial charge in [-0.1, -0.05) is 6.92 Å². The molecule has 45 heavy (non-hydrogen) atoms.